The summed E-state index contributed by atoms with van der Waals surface area (Å²) in [5, 5.41) is 10.6. The summed E-state index contributed by atoms with van der Waals surface area (Å²) in [7, 11) is 0. The van der Waals surface area contributed by atoms with E-state index in [0.29, 0.717) is 5.56 Å². The maximum Gasteiger partial charge on any atom is 0.338 e. The third-order valence-electron chi connectivity index (χ3n) is 3.30. The predicted molar refractivity (Wildman–Crippen MR) is 90.0 cm³/mol. The number of carbonyl (C=O) groups is 3. The van der Waals surface area contributed by atoms with E-state index in [-0.39, 0.29) is 11.3 Å². The Morgan fingerprint density at radius 3 is 2.15 bits per heavy atom. The number of nitrogens with one attached hydrogen (secondary N) is 2. The highest BCUT2D eigenvalue weighted by atomic mass is 16.6. The van der Waals surface area contributed by atoms with Gasteiger partial charge in [0.15, 0.2) is 6.10 Å². The molecule has 0 bridgehead atoms. The van der Waals surface area contributed by atoms with E-state index in [4.69, 9.17) is 4.74 Å². The normalized spacial score (nSPS) is 11.1. The second kappa shape index (κ2) is 8.38. The van der Waals surface area contributed by atoms with Crippen molar-refractivity contribution >= 4 is 23.5 Å². The molecule has 0 aliphatic carbocycles. The number of ether oxygens (including phenoxy) is 1. The van der Waals surface area contributed by atoms with E-state index in [1.807, 2.05) is 0 Å². The van der Waals surface area contributed by atoms with Crippen LogP contribution in [0.3, 0.4) is 0 Å². The van der Waals surface area contributed by atoms with Crippen LogP contribution in [-0.4, -0.2) is 28.8 Å². The monoisotopic (exact) mass is 357 g/mol. The molecule has 2 amide bonds. The van der Waals surface area contributed by atoms with Crippen LogP contribution in [-0.2, 0) is 9.53 Å². The number of hydrazine groups is 1. The van der Waals surface area contributed by atoms with Crippen molar-refractivity contribution in [2.24, 2.45) is 0 Å². The van der Waals surface area contributed by atoms with Gasteiger partial charge in [0.05, 0.1) is 10.5 Å². The molecule has 0 aromatic heterocycles. The Kier molecular flexibility index (Phi) is 5.99. The Morgan fingerprint density at radius 1 is 0.962 bits per heavy atom. The van der Waals surface area contributed by atoms with Crippen LogP contribution < -0.4 is 10.9 Å². The number of nitro groups is 1. The summed E-state index contributed by atoms with van der Waals surface area (Å²) in [6.45, 7) is 1.33. The van der Waals surface area contributed by atoms with Crippen molar-refractivity contribution in [2.75, 3.05) is 0 Å². The van der Waals surface area contributed by atoms with Crippen LogP contribution in [0.4, 0.5) is 5.69 Å². The molecule has 9 nitrogen and oxygen atoms in total. The van der Waals surface area contributed by atoms with Crippen molar-refractivity contribution in [3.8, 4) is 0 Å². The first kappa shape index (κ1) is 18.6. The average molecular weight is 357 g/mol. The Balaban J connectivity index is 1.87. The van der Waals surface area contributed by atoms with E-state index < -0.39 is 28.8 Å². The summed E-state index contributed by atoms with van der Waals surface area (Å²) >= 11 is 0. The molecule has 0 unspecified atom stereocenters. The number of rotatable bonds is 5. The second-order valence-electron chi connectivity index (χ2n) is 5.16. The van der Waals surface area contributed by atoms with Crippen LogP contribution in [0, 0.1) is 10.1 Å². The van der Waals surface area contributed by atoms with Gasteiger partial charge >= 0.3 is 5.97 Å². The third kappa shape index (κ3) is 4.87. The molecule has 134 valence electrons. The number of amides is 2. The van der Waals surface area contributed by atoms with Gasteiger partial charge in [-0.15, -0.1) is 0 Å². The first-order valence-corrected chi connectivity index (χ1v) is 7.49. The zero-order chi connectivity index (χ0) is 19.1. The molecular weight excluding hydrogens is 342 g/mol. The molecule has 2 aromatic carbocycles. The number of benzene rings is 2. The maximum absolute atomic E-state index is 11.9. The van der Waals surface area contributed by atoms with Crippen molar-refractivity contribution < 1.29 is 24.0 Å². The van der Waals surface area contributed by atoms with Crippen LogP contribution in [0.2, 0.25) is 0 Å². The first-order valence-electron chi connectivity index (χ1n) is 7.49. The molecule has 0 aliphatic heterocycles. The molecule has 2 N–H and O–H groups in total. The van der Waals surface area contributed by atoms with Gasteiger partial charge in [-0.3, -0.25) is 30.6 Å². The number of carbonyl (C=O) groups excluding carboxylic acids is 3. The molecule has 2 aromatic rings. The molecule has 0 fully saturated rings. The molecular formula is C17H15N3O6. The molecule has 0 aliphatic rings. The van der Waals surface area contributed by atoms with Gasteiger partial charge in [0.1, 0.15) is 0 Å². The fourth-order valence-corrected chi connectivity index (χ4v) is 1.88. The van der Waals surface area contributed by atoms with E-state index >= 15 is 0 Å². The molecule has 2 rings (SSSR count). The SMILES string of the molecule is C[C@@H](OC(=O)c1ccc([N+](=O)[O-])cc1)C(=O)NNC(=O)c1ccccc1. The fraction of sp³-hybridized carbons (Fsp3) is 0.118. The average Bonchev–Trinajstić information content (AvgIpc) is 2.66. The van der Waals surface area contributed by atoms with Gasteiger partial charge in [0.25, 0.3) is 17.5 Å². The minimum absolute atomic E-state index is 0.0589. The lowest BCUT2D eigenvalue weighted by molar-refractivity contribution is -0.384. The van der Waals surface area contributed by atoms with Gasteiger partial charge in [-0.1, -0.05) is 18.2 Å². The van der Waals surface area contributed by atoms with Crippen LogP contribution in [0.1, 0.15) is 27.6 Å². The molecule has 0 saturated carbocycles. The van der Waals surface area contributed by atoms with Crippen molar-refractivity contribution in [1.29, 1.82) is 0 Å². The maximum atomic E-state index is 11.9. The molecule has 0 saturated heterocycles. The topological polar surface area (TPSA) is 128 Å². The Hall–Kier alpha value is -3.75. The lowest BCUT2D eigenvalue weighted by atomic mass is 10.2. The zero-order valence-electron chi connectivity index (χ0n) is 13.7. The van der Waals surface area contributed by atoms with Gasteiger partial charge in [-0.25, -0.2) is 4.79 Å². The number of non-ortho nitro benzene ring substituents is 1. The summed E-state index contributed by atoms with van der Waals surface area (Å²) in [5.41, 5.74) is 4.60. The lowest BCUT2D eigenvalue weighted by Crippen LogP contribution is -2.46. The molecule has 0 radical (unpaired) electrons. The van der Waals surface area contributed by atoms with Gasteiger partial charge < -0.3 is 4.74 Å². The molecule has 9 heteroatoms. The Bertz CT molecular complexity index is 820. The number of nitro benzene ring substituents is 1. The number of nitrogens with zero attached hydrogens (tertiary/aromatic N) is 1. The van der Waals surface area contributed by atoms with Crippen LogP contribution in [0.5, 0.6) is 0 Å². The van der Waals surface area contributed by atoms with Crippen molar-refractivity contribution in [3.63, 3.8) is 0 Å². The largest absolute Gasteiger partial charge is 0.449 e. The van der Waals surface area contributed by atoms with E-state index in [1.165, 1.54) is 19.1 Å². The van der Waals surface area contributed by atoms with Crippen LogP contribution >= 0.6 is 0 Å². The third-order valence-corrected chi connectivity index (χ3v) is 3.30. The highest BCUT2D eigenvalue weighted by Gasteiger charge is 2.20. The Morgan fingerprint density at radius 2 is 1.58 bits per heavy atom. The minimum Gasteiger partial charge on any atom is -0.449 e. The zero-order valence-corrected chi connectivity index (χ0v) is 13.7. The Labute approximate surface area is 148 Å². The predicted octanol–water partition coefficient (Wildman–Crippen LogP) is 1.60. The van der Waals surface area contributed by atoms with E-state index in [2.05, 4.69) is 10.9 Å². The van der Waals surface area contributed by atoms with Crippen molar-refractivity contribution in [1.82, 2.24) is 10.9 Å². The minimum atomic E-state index is -1.19. The van der Waals surface area contributed by atoms with Crippen molar-refractivity contribution in [3.05, 3.63) is 75.8 Å². The van der Waals surface area contributed by atoms with Crippen molar-refractivity contribution in [2.45, 2.75) is 13.0 Å². The standard InChI is InChI=1S/C17H15N3O6/c1-11(15(21)18-19-16(22)12-5-3-2-4-6-12)26-17(23)13-7-9-14(10-8-13)20(24)25/h2-11H,1H3,(H,18,21)(H,19,22)/t11-/m1/s1. The summed E-state index contributed by atoms with van der Waals surface area (Å²) in [6.07, 6.45) is -1.19. The van der Waals surface area contributed by atoms with Crippen LogP contribution in [0.25, 0.3) is 0 Å². The van der Waals surface area contributed by atoms with E-state index in [9.17, 15) is 24.5 Å². The van der Waals surface area contributed by atoms with Gasteiger partial charge in [-0.05, 0) is 31.2 Å². The summed E-state index contributed by atoms with van der Waals surface area (Å²) in [4.78, 5) is 45.6. The molecule has 0 heterocycles. The summed E-state index contributed by atoms with van der Waals surface area (Å²) < 4.78 is 4.96. The number of hydrogen-bond donors (Lipinski definition) is 2. The lowest BCUT2D eigenvalue weighted by Gasteiger charge is -2.14. The second-order valence-corrected chi connectivity index (χ2v) is 5.16. The fourth-order valence-electron chi connectivity index (χ4n) is 1.88. The highest BCUT2D eigenvalue weighted by Crippen LogP contribution is 2.13. The highest BCUT2D eigenvalue weighted by molar-refractivity contribution is 5.96. The van der Waals surface area contributed by atoms with Gasteiger partial charge in [-0.2, -0.15) is 0 Å². The molecule has 26 heavy (non-hydrogen) atoms. The summed E-state index contributed by atoms with van der Waals surface area (Å²) in [6, 6.07) is 13.0. The van der Waals surface area contributed by atoms with Crippen LogP contribution in [0.15, 0.2) is 54.6 Å². The molecule has 1 atom stereocenters. The number of hydrogen-bond acceptors (Lipinski definition) is 6. The number of esters is 1. The smallest absolute Gasteiger partial charge is 0.338 e. The van der Waals surface area contributed by atoms with Gasteiger partial charge in [0.2, 0.25) is 0 Å². The van der Waals surface area contributed by atoms with E-state index in [1.54, 1.807) is 30.3 Å². The summed E-state index contributed by atoms with van der Waals surface area (Å²) in [5.74, 6) is -2.07. The quantitative estimate of drug-likeness (QED) is 0.475. The van der Waals surface area contributed by atoms with E-state index in [0.717, 1.165) is 12.1 Å². The molecule has 0 spiro atoms. The first-order chi connectivity index (χ1) is 12.4. The van der Waals surface area contributed by atoms with Gasteiger partial charge in [0, 0.05) is 17.7 Å².